The van der Waals surface area contributed by atoms with Crippen LogP contribution in [0.15, 0.2) is 16.3 Å². The molecule has 6 nitrogen and oxygen atoms in total. The van der Waals surface area contributed by atoms with Crippen LogP contribution in [0.4, 0.5) is 5.69 Å². The standard InChI is InChI=1S/C11H16N4O2S2/c1-7-11(8(2)14-13-7)15-19(16,17)10-4-9(5-12-3)18-6-10/h4,6,12,15H,5H2,1-3H3,(H,13,14). The number of anilines is 1. The van der Waals surface area contributed by atoms with Crippen LogP contribution < -0.4 is 10.0 Å². The zero-order chi connectivity index (χ0) is 14.0. The SMILES string of the molecule is CNCc1cc(S(=O)(=O)Nc2c(C)n[nH]c2C)cs1. The molecule has 0 amide bonds. The predicted octanol–water partition coefficient (Wildman–Crippen LogP) is 1.61. The smallest absolute Gasteiger partial charge is 0.262 e. The summed E-state index contributed by atoms with van der Waals surface area (Å²) in [5.41, 5.74) is 1.85. The lowest BCUT2D eigenvalue weighted by Gasteiger charge is -2.06. The van der Waals surface area contributed by atoms with Crippen LogP contribution in [-0.2, 0) is 16.6 Å². The summed E-state index contributed by atoms with van der Waals surface area (Å²) in [6.45, 7) is 4.18. The number of aromatic amines is 1. The first-order valence-electron chi connectivity index (χ1n) is 5.70. The van der Waals surface area contributed by atoms with E-state index in [9.17, 15) is 8.42 Å². The summed E-state index contributed by atoms with van der Waals surface area (Å²) in [6.07, 6.45) is 0. The number of nitrogens with one attached hydrogen (secondary N) is 3. The summed E-state index contributed by atoms with van der Waals surface area (Å²) in [7, 11) is -1.73. The topological polar surface area (TPSA) is 86.9 Å². The number of H-pyrrole nitrogens is 1. The van der Waals surface area contributed by atoms with Gasteiger partial charge in [0.1, 0.15) is 0 Å². The number of aromatic nitrogens is 2. The number of nitrogens with zero attached hydrogens (tertiary/aromatic N) is 1. The van der Waals surface area contributed by atoms with Crippen LogP contribution in [0.1, 0.15) is 16.3 Å². The van der Waals surface area contributed by atoms with Crippen LogP contribution in [0.3, 0.4) is 0 Å². The van der Waals surface area contributed by atoms with E-state index in [1.165, 1.54) is 11.3 Å². The molecule has 0 aliphatic carbocycles. The lowest BCUT2D eigenvalue weighted by Crippen LogP contribution is -2.13. The Bertz CT molecular complexity index is 653. The summed E-state index contributed by atoms with van der Waals surface area (Å²) >= 11 is 1.42. The molecule has 0 radical (unpaired) electrons. The molecular formula is C11H16N4O2S2. The Kier molecular flexibility index (Phi) is 3.93. The third-order valence-corrected chi connectivity index (χ3v) is 5.07. The molecule has 0 aromatic carbocycles. The molecule has 0 aliphatic rings. The molecule has 2 aromatic heterocycles. The molecule has 8 heteroatoms. The first-order chi connectivity index (χ1) is 8.94. The molecule has 0 saturated carbocycles. The van der Waals surface area contributed by atoms with E-state index in [-0.39, 0.29) is 4.90 Å². The number of sulfonamides is 1. The lowest BCUT2D eigenvalue weighted by molar-refractivity contribution is 0.601. The maximum Gasteiger partial charge on any atom is 0.262 e. The molecule has 2 heterocycles. The Labute approximate surface area is 116 Å². The van der Waals surface area contributed by atoms with Crippen LogP contribution in [0, 0.1) is 13.8 Å². The minimum atomic E-state index is -3.55. The fraction of sp³-hybridized carbons (Fsp3) is 0.364. The van der Waals surface area contributed by atoms with Crippen molar-refractivity contribution in [1.29, 1.82) is 0 Å². The van der Waals surface area contributed by atoms with Gasteiger partial charge in [-0.25, -0.2) is 8.42 Å². The van der Waals surface area contributed by atoms with Crippen LogP contribution in [-0.4, -0.2) is 25.7 Å². The minimum Gasteiger partial charge on any atom is -0.315 e. The van der Waals surface area contributed by atoms with Gasteiger partial charge in [-0.2, -0.15) is 5.10 Å². The first kappa shape index (κ1) is 14.0. The average molecular weight is 300 g/mol. The highest BCUT2D eigenvalue weighted by molar-refractivity contribution is 7.92. The van der Waals surface area contributed by atoms with E-state index in [1.54, 1.807) is 25.3 Å². The van der Waals surface area contributed by atoms with Crippen molar-refractivity contribution in [2.45, 2.75) is 25.3 Å². The number of aryl methyl sites for hydroxylation is 2. The van der Waals surface area contributed by atoms with Crippen molar-refractivity contribution in [1.82, 2.24) is 15.5 Å². The molecule has 0 spiro atoms. The van der Waals surface area contributed by atoms with Gasteiger partial charge in [0.2, 0.25) is 0 Å². The van der Waals surface area contributed by atoms with Crippen molar-refractivity contribution in [2.75, 3.05) is 11.8 Å². The van der Waals surface area contributed by atoms with Crippen LogP contribution in [0.25, 0.3) is 0 Å². The summed E-state index contributed by atoms with van der Waals surface area (Å²) in [5, 5.41) is 11.4. The van der Waals surface area contributed by atoms with E-state index in [4.69, 9.17) is 0 Å². The Morgan fingerprint density at radius 2 is 2.16 bits per heavy atom. The van der Waals surface area contributed by atoms with E-state index in [2.05, 4.69) is 20.2 Å². The van der Waals surface area contributed by atoms with E-state index in [0.717, 1.165) is 4.88 Å². The third kappa shape index (κ3) is 2.96. The van der Waals surface area contributed by atoms with Gasteiger partial charge in [0.25, 0.3) is 10.0 Å². The van der Waals surface area contributed by atoms with Crippen LogP contribution >= 0.6 is 11.3 Å². The molecule has 0 atom stereocenters. The Balaban J connectivity index is 2.27. The van der Waals surface area contributed by atoms with E-state index in [0.29, 0.717) is 23.6 Å². The number of rotatable bonds is 5. The quantitative estimate of drug-likeness (QED) is 0.783. The summed E-state index contributed by atoms with van der Waals surface area (Å²) < 4.78 is 27.1. The minimum absolute atomic E-state index is 0.280. The molecule has 19 heavy (non-hydrogen) atoms. The van der Waals surface area contributed by atoms with Crippen LogP contribution in [0.5, 0.6) is 0 Å². The van der Waals surface area contributed by atoms with Gasteiger partial charge < -0.3 is 5.32 Å². The Hall–Kier alpha value is -1.38. The van der Waals surface area contributed by atoms with Gasteiger partial charge in [-0.15, -0.1) is 11.3 Å². The van der Waals surface area contributed by atoms with Crippen molar-refractivity contribution < 1.29 is 8.42 Å². The van der Waals surface area contributed by atoms with Gasteiger partial charge >= 0.3 is 0 Å². The van der Waals surface area contributed by atoms with E-state index < -0.39 is 10.0 Å². The largest absolute Gasteiger partial charge is 0.315 e. The van der Waals surface area contributed by atoms with E-state index >= 15 is 0 Å². The van der Waals surface area contributed by atoms with Crippen molar-refractivity contribution in [3.63, 3.8) is 0 Å². The van der Waals surface area contributed by atoms with Crippen molar-refractivity contribution in [3.05, 3.63) is 27.7 Å². The second-order valence-electron chi connectivity index (χ2n) is 4.19. The van der Waals surface area contributed by atoms with Gasteiger partial charge in [0, 0.05) is 16.8 Å². The summed E-state index contributed by atoms with van der Waals surface area (Å²) in [5.74, 6) is 0. The highest BCUT2D eigenvalue weighted by Crippen LogP contribution is 2.24. The van der Waals surface area contributed by atoms with Gasteiger partial charge in [-0.05, 0) is 27.0 Å². The highest BCUT2D eigenvalue weighted by Gasteiger charge is 2.19. The van der Waals surface area contributed by atoms with Crippen molar-refractivity contribution >= 4 is 27.0 Å². The predicted molar refractivity (Wildman–Crippen MR) is 76.0 cm³/mol. The van der Waals surface area contributed by atoms with Gasteiger partial charge in [0.05, 0.1) is 22.0 Å². The number of thiophene rings is 1. The van der Waals surface area contributed by atoms with Crippen LogP contribution in [0.2, 0.25) is 0 Å². The maximum atomic E-state index is 12.3. The summed E-state index contributed by atoms with van der Waals surface area (Å²) in [4.78, 5) is 1.26. The normalized spacial score (nSPS) is 11.7. The fourth-order valence-electron chi connectivity index (χ4n) is 1.66. The zero-order valence-corrected chi connectivity index (χ0v) is 12.6. The second kappa shape index (κ2) is 5.32. The molecule has 3 N–H and O–H groups in total. The van der Waals surface area contributed by atoms with Crippen molar-refractivity contribution in [3.8, 4) is 0 Å². The molecule has 0 bridgehead atoms. The molecule has 0 saturated heterocycles. The monoisotopic (exact) mass is 300 g/mol. The third-order valence-electron chi connectivity index (χ3n) is 2.66. The Morgan fingerprint density at radius 3 is 2.74 bits per heavy atom. The highest BCUT2D eigenvalue weighted by atomic mass is 32.2. The summed E-state index contributed by atoms with van der Waals surface area (Å²) in [6, 6.07) is 1.67. The molecular weight excluding hydrogens is 284 g/mol. The maximum absolute atomic E-state index is 12.3. The lowest BCUT2D eigenvalue weighted by atomic mass is 10.3. The van der Waals surface area contributed by atoms with E-state index in [1.807, 2.05) is 7.05 Å². The molecule has 104 valence electrons. The molecule has 0 unspecified atom stereocenters. The second-order valence-corrected chi connectivity index (χ2v) is 6.87. The zero-order valence-electron chi connectivity index (χ0n) is 10.9. The molecule has 2 rings (SSSR count). The van der Waals surface area contributed by atoms with Gasteiger partial charge in [0.15, 0.2) is 0 Å². The molecule has 2 aromatic rings. The molecule has 0 aliphatic heterocycles. The molecule has 0 fully saturated rings. The first-order valence-corrected chi connectivity index (χ1v) is 8.06. The Morgan fingerprint density at radius 1 is 1.42 bits per heavy atom. The van der Waals surface area contributed by atoms with Crippen molar-refractivity contribution in [2.24, 2.45) is 0 Å². The average Bonchev–Trinajstić information content (AvgIpc) is 2.92. The fourth-order valence-corrected chi connectivity index (χ4v) is 4.13. The van der Waals surface area contributed by atoms with Gasteiger partial charge in [-0.3, -0.25) is 9.82 Å². The number of hydrogen-bond acceptors (Lipinski definition) is 5. The van der Waals surface area contributed by atoms with Gasteiger partial charge in [-0.1, -0.05) is 0 Å². The number of hydrogen-bond donors (Lipinski definition) is 3.